The molecule has 0 aliphatic heterocycles. The summed E-state index contributed by atoms with van der Waals surface area (Å²) in [4.78, 5) is 16.7. The van der Waals surface area contributed by atoms with E-state index in [9.17, 15) is 4.79 Å². The van der Waals surface area contributed by atoms with E-state index in [0.717, 1.165) is 37.2 Å². The van der Waals surface area contributed by atoms with E-state index in [2.05, 4.69) is 10.1 Å². The van der Waals surface area contributed by atoms with Gasteiger partial charge in [-0.2, -0.15) is 0 Å². The van der Waals surface area contributed by atoms with E-state index >= 15 is 0 Å². The van der Waals surface area contributed by atoms with E-state index in [0.29, 0.717) is 11.8 Å². The van der Waals surface area contributed by atoms with Crippen molar-refractivity contribution in [1.82, 2.24) is 14.8 Å². The Morgan fingerprint density at radius 2 is 1.95 bits per heavy atom. The number of para-hydroxylation sites is 1. The molecule has 2 aliphatic carbocycles. The predicted molar refractivity (Wildman–Crippen MR) is 80.9 cm³/mol. The molecule has 22 heavy (non-hydrogen) atoms. The zero-order chi connectivity index (χ0) is 15.1. The van der Waals surface area contributed by atoms with Crippen LogP contribution in [0.3, 0.4) is 0 Å². The van der Waals surface area contributed by atoms with Gasteiger partial charge in [0.1, 0.15) is 11.9 Å². The highest BCUT2D eigenvalue weighted by atomic mass is 16.5. The third-order valence-corrected chi connectivity index (χ3v) is 4.34. The Bertz CT molecular complexity index is 687. The van der Waals surface area contributed by atoms with Gasteiger partial charge in [-0.3, -0.25) is 0 Å². The molecular weight excluding hydrogens is 278 g/mol. The number of carbonyl (C=O) groups is 1. The van der Waals surface area contributed by atoms with Gasteiger partial charge in [0.2, 0.25) is 0 Å². The van der Waals surface area contributed by atoms with E-state index in [1.165, 1.54) is 0 Å². The monoisotopic (exact) mass is 297 g/mol. The van der Waals surface area contributed by atoms with Crippen molar-refractivity contribution in [2.45, 2.75) is 44.6 Å². The largest absolute Gasteiger partial charge is 0.456 e. The van der Waals surface area contributed by atoms with Crippen molar-refractivity contribution in [3.63, 3.8) is 0 Å². The lowest BCUT2D eigenvalue weighted by Crippen LogP contribution is -2.18. The Labute approximate surface area is 129 Å². The van der Waals surface area contributed by atoms with Crippen LogP contribution >= 0.6 is 0 Å². The molecule has 5 heteroatoms. The van der Waals surface area contributed by atoms with Crippen molar-refractivity contribution in [1.29, 1.82) is 0 Å². The summed E-state index contributed by atoms with van der Waals surface area (Å²) < 4.78 is 7.28. The smallest absolute Gasteiger partial charge is 0.378 e. The fourth-order valence-corrected chi connectivity index (χ4v) is 2.66. The van der Waals surface area contributed by atoms with Crippen molar-refractivity contribution < 1.29 is 9.53 Å². The molecule has 1 heterocycles. The number of carbonyl (C=O) groups excluding carboxylic acids is 1. The molecule has 2 aliphatic rings. The van der Waals surface area contributed by atoms with E-state index < -0.39 is 5.97 Å². The number of benzene rings is 1. The van der Waals surface area contributed by atoms with Crippen molar-refractivity contribution in [2.24, 2.45) is 5.92 Å². The average Bonchev–Trinajstić information content (AvgIpc) is 3.45. The Balaban J connectivity index is 1.62. The summed E-state index contributed by atoms with van der Waals surface area (Å²) in [5.74, 6) is 1.57. The fraction of sp³-hybridized carbons (Fsp3) is 0.471. The zero-order valence-electron chi connectivity index (χ0n) is 12.6. The van der Waals surface area contributed by atoms with Gasteiger partial charge in [-0.15, -0.1) is 5.10 Å². The van der Waals surface area contributed by atoms with Gasteiger partial charge in [0.05, 0.1) is 5.69 Å². The first-order valence-corrected chi connectivity index (χ1v) is 7.96. The summed E-state index contributed by atoms with van der Waals surface area (Å²) in [6, 6.07) is 9.83. The quantitative estimate of drug-likeness (QED) is 0.796. The summed E-state index contributed by atoms with van der Waals surface area (Å²) in [6.07, 6.45) is 4.47. The first-order chi connectivity index (χ1) is 10.7. The zero-order valence-corrected chi connectivity index (χ0v) is 12.6. The molecule has 0 bridgehead atoms. The number of hydrogen-bond donors (Lipinski definition) is 0. The Morgan fingerprint density at radius 3 is 2.59 bits per heavy atom. The fourth-order valence-electron chi connectivity index (χ4n) is 2.66. The average molecular weight is 297 g/mol. The van der Waals surface area contributed by atoms with E-state index in [-0.39, 0.29) is 11.9 Å². The summed E-state index contributed by atoms with van der Waals surface area (Å²) in [5, 5.41) is 4.41. The topological polar surface area (TPSA) is 57.0 Å². The lowest BCUT2D eigenvalue weighted by Gasteiger charge is -2.09. The first kappa shape index (κ1) is 13.5. The first-order valence-electron chi connectivity index (χ1n) is 7.96. The van der Waals surface area contributed by atoms with Gasteiger partial charge in [-0.05, 0) is 50.7 Å². The molecule has 4 rings (SSSR count). The maximum Gasteiger partial charge on any atom is 0.378 e. The number of ether oxygens (including phenoxy) is 1. The van der Waals surface area contributed by atoms with Crippen molar-refractivity contribution in [2.75, 3.05) is 0 Å². The van der Waals surface area contributed by atoms with Gasteiger partial charge in [0, 0.05) is 5.92 Å². The van der Waals surface area contributed by atoms with Crippen LogP contribution in [0.4, 0.5) is 0 Å². The van der Waals surface area contributed by atoms with Crippen molar-refractivity contribution in [3.8, 4) is 5.69 Å². The lowest BCUT2D eigenvalue weighted by atomic mass is 10.3. The Morgan fingerprint density at radius 1 is 1.23 bits per heavy atom. The van der Waals surface area contributed by atoms with Crippen LogP contribution in [-0.2, 0) is 4.74 Å². The van der Waals surface area contributed by atoms with Crippen LogP contribution in [0.2, 0.25) is 0 Å². The number of hydrogen-bond acceptors (Lipinski definition) is 4. The van der Waals surface area contributed by atoms with Gasteiger partial charge in [0.25, 0.3) is 5.82 Å². The minimum absolute atomic E-state index is 0.0412. The van der Waals surface area contributed by atoms with Crippen LogP contribution < -0.4 is 0 Å². The molecule has 1 aromatic carbocycles. The molecular formula is C17H19N3O2. The third-order valence-electron chi connectivity index (χ3n) is 4.34. The van der Waals surface area contributed by atoms with Crippen LogP contribution in [0.15, 0.2) is 30.3 Å². The predicted octanol–water partition coefficient (Wildman–Crippen LogP) is 3.10. The second kappa shape index (κ2) is 5.23. The van der Waals surface area contributed by atoms with Gasteiger partial charge < -0.3 is 4.74 Å². The second-order valence-corrected chi connectivity index (χ2v) is 6.26. The number of aromatic nitrogens is 3. The van der Waals surface area contributed by atoms with Crippen LogP contribution in [0.5, 0.6) is 0 Å². The van der Waals surface area contributed by atoms with E-state index in [1.807, 2.05) is 37.3 Å². The van der Waals surface area contributed by atoms with E-state index in [4.69, 9.17) is 4.74 Å². The van der Waals surface area contributed by atoms with Gasteiger partial charge in [-0.25, -0.2) is 14.5 Å². The standard InChI is InChI=1S/C17H19N3O2/c1-11(12-7-8-12)22-17(21)15-18-16(13-9-10-13)20(19-15)14-5-3-2-4-6-14/h2-6,11-13H,7-10H2,1H3/t11-/m0/s1. The van der Waals surface area contributed by atoms with Crippen LogP contribution in [0.25, 0.3) is 5.69 Å². The van der Waals surface area contributed by atoms with E-state index in [1.54, 1.807) is 4.68 Å². The summed E-state index contributed by atoms with van der Waals surface area (Å²) in [7, 11) is 0. The number of nitrogens with zero attached hydrogens (tertiary/aromatic N) is 3. The molecule has 2 fully saturated rings. The highest BCUT2D eigenvalue weighted by Gasteiger charge is 2.34. The normalized spacial score (nSPS) is 19.0. The van der Waals surface area contributed by atoms with Gasteiger partial charge in [0.15, 0.2) is 0 Å². The maximum absolute atomic E-state index is 12.3. The van der Waals surface area contributed by atoms with Crippen molar-refractivity contribution >= 4 is 5.97 Å². The highest BCUT2D eigenvalue weighted by Crippen LogP contribution is 2.40. The summed E-state index contributed by atoms with van der Waals surface area (Å²) in [6.45, 7) is 1.95. The van der Waals surface area contributed by atoms with Crippen LogP contribution in [-0.4, -0.2) is 26.8 Å². The molecule has 0 saturated heterocycles. The molecule has 0 N–H and O–H groups in total. The van der Waals surface area contributed by atoms with Gasteiger partial charge >= 0.3 is 5.97 Å². The molecule has 1 atom stereocenters. The Hall–Kier alpha value is -2.17. The molecule has 0 radical (unpaired) electrons. The maximum atomic E-state index is 12.3. The minimum Gasteiger partial charge on any atom is -0.456 e. The second-order valence-electron chi connectivity index (χ2n) is 6.26. The molecule has 5 nitrogen and oxygen atoms in total. The molecule has 0 amide bonds. The molecule has 2 saturated carbocycles. The minimum atomic E-state index is -0.406. The molecule has 114 valence electrons. The summed E-state index contributed by atoms with van der Waals surface area (Å²) >= 11 is 0. The molecule has 0 unspecified atom stereocenters. The summed E-state index contributed by atoms with van der Waals surface area (Å²) in [5.41, 5.74) is 0.936. The molecule has 1 aromatic heterocycles. The Kier molecular flexibility index (Phi) is 3.21. The third kappa shape index (κ3) is 2.63. The number of esters is 1. The van der Waals surface area contributed by atoms with Crippen molar-refractivity contribution in [3.05, 3.63) is 42.0 Å². The van der Waals surface area contributed by atoms with Crippen LogP contribution in [0, 0.1) is 5.92 Å². The highest BCUT2D eigenvalue weighted by molar-refractivity contribution is 5.85. The SMILES string of the molecule is C[C@H](OC(=O)c1nc(C2CC2)n(-c2ccccc2)n1)C1CC1. The van der Waals surface area contributed by atoms with Gasteiger partial charge in [-0.1, -0.05) is 18.2 Å². The molecule has 0 spiro atoms. The number of rotatable bonds is 5. The lowest BCUT2D eigenvalue weighted by molar-refractivity contribution is 0.0280. The molecule has 2 aromatic rings. The van der Waals surface area contributed by atoms with Crippen LogP contribution in [0.1, 0.15) is 55.0 Å².